The van der Waals surface area contributed by atoms with Crippen LogP contribution in [0.4, 0.5) is 16.2 Å². The molecule has 2 amide bonds. The summed E-state index contributed by atoms with van der Waals surface area (Å²) in [5, 5.41) is 23.0. The third-order valence-electron chi connectivity index (χ3n) is 5.42. The van der Waals surface area contributed by atoms with E-state index in [2.05, 4.69) is 15.6 Å². The monoisotopic (exact) mass is 522 g/mol. The van der Waals surface area contributed by atoms with E-state index in [0.29, 0.717) is 42.1 Å². The number of guanidine groups is 1. The molecule has 192 valence electrons. The third kappa shape index (κ3) is 7.75. The van der Waals surface area contributed by atoms with Crippen LogP contribution in [0.2, 0.25) is 5.02 Å². The number of carbonyl (C=O) groups is 2. The number of nitrogens with zero attached hydrogens (tertiary/aromatic N) is 4. The molecule has 1 aliphatic rings. The first-order chi connectivity index (χ1) is 17.8. The molecule has 2 aromatic carbocycles. The summed E-state index contributed by atoms with van der Waals surface area (Å²) in [6.45, 7) is 4.35. The lowest BCUT2D eigenvalue weighted by Gasteiger charge is -2.41. The molecule has 0 radical (unpaired) electrons. The zero-order valence-electron chi connectivity index (χ0n) is 20.4. The van der Waals surface area contributed by atoms with Gasteiger partial charge in [0.05, 0.1) is 12.0 Å². The number of carboxylic acid groups (broad SMARTS) is 1. The molecule has 10 nitrogen and oxygen atoms in total. The summed E-state index contributed by atoms with van der Waals surface area (Å²) in [7, 11) is 0. The zero-order valence-corrected chi connectivity index (χ0v) is 21.1. The number of benzene rings is 2. The first-order valence-corrected chi connectivity index (χ1v) is 11.8. The van der Waals surface area contributed by atoms with E-state index in [1.54, 1.807) is 41.5 Å². The molecular weight excluding hydrogens is 496 g/mol. The van der Waals surface area contributed by atoms with E-state index in [4.69, 9.17) is 25.9 Å². The number of piperazine rings is 1. The minimum atomic E-state index is -0.833. The summed E-state index contributed by atoms with van der Waals surface area (Å²) in [6, 6.07) is 17.7. The van der Waals surface area contributed by atoms with E-state index in [-0.39, 0.29) is 12.1 Å². The summed E-state index contributed by atoms with van der Waals surface area (Å²) < 4.78 is 5.65. The maximum Gasteiger partial charge on any atom is 0.322 e. The summed E-state index contributed by atoms with van der Waals surface area (Å²) >= 11 is 5.95. The molecule has 0 spiro atoms. The van der Waals surface area contributed by atoms with E-state index >= 15 is 0 Å². The zero-order chi connectivity index (χ0) is 26.8. The molecule has 0 aliphatic carbocycles. The van der Waals surface area contributed by atoms with Crippen LogP contribution in [0.3, 0.4) is 0 Å². The third-order valence-corrected chi connectivity index (χ3v) is 5.67. The van der Waals surface area contributed by atoms with E-state index in [1.165, 1.54) is 0 Å². The largest absolute Gasteiger partial charge is 0.481 e. The van der Waals surface area contributed by atoms with Crippen molar-refractivity contribution in [3.05, 3.63) is 83.3 Å². The van der Waals surface area contributed by atoms with Crippen LogP contribution >= 0.6 is 11.6 Å². The number of nitrogens with one attached hydrogen (secondary N) is 2. The van der Waals surface area contributed by atoms with Gasteiger partial charge in [-0.2, -0.15) is 5.26 Å². The van der Waals surface area contributed by atoms with Crippen LogP contribution in [0.1, 0.15) is 24.3 Å². The maximum atomic E-state index is 13.1. The number of hydrogen-bond acceptors (Lipinski definition) is 5. The highest BCUT2D eigenvalue weighted by molar-refractivity contribution is 6.30. The molecule has 1 unspecified atom stereocenters. The van der Waals surface area contributed by atoms with Crippen LogP contribution < -0.4 is 10.6 Å². The number of anilines is 1. The van der Waals surface area contributed by atoms with Crippen LogP contribution in [0, 0.1) is 18.4 Å². The first kappa shape index (κ1) is 27.1. The molecule has 0 bridgehead atoms. The molecule has 1 saturated heterocycles. The standard InChI is InChI=1S/C24H23ClN6O2.C2H4O2/c1-17-5-2-3-6-20(17)29-23(27-16-26)30-12-13-31(21(15-30)22-7-4-14-33-22)24(32)28-19-10-8-18(25)9-11-19;1-2(3)4/h2-11,14,21H,12-13,15H2,1H3,(H,27,29)(H,28,32);1H3,(H,3,4). The van der Waals surface area contributed by atoms with Crippen LogP contribution in [0.25, 0.3) is 0 Å². The molecule has 3 aromatic rings. The van der Waals surface area contributed by atoms with Crippen LogP contribution in [0.5, 0.6) is 0 Å². The number of nitriles is 1. The normalized spacial score (nSPS) is 15.2. The molecule has 1 aliphatic heterocycles. The number of furan rings is 1. The van der Waals surface area contributed by atoms with Crippen molar-refractivity contribution in [1.82, 2.24) is 15.1 Å². The topological polar surface area (TPSA) is 134 Å². The van der Waals surface area contributed by atoms with Gasteiger partial charge in [0.15, 0.2) is 6.19 Å². The smallest absolute Gasteiger partial charge is 0.322 e. The number of aryl methyl sites for hydroxylation is 1. The molecule has 1 atom stereocenters. The number of hydrogen-bond donors (Lipinski definition) is 3. The highest BCUT2D eigenvalue weighted by Gasteiger charge is 2.34. The average Bonchev–Trinajstić information content (AvgIpc) is 3.41. The number of halogens is 1. The van der Waals surface area contributed by atoms with Crippen LogP contribution in [-0.2, 0) is 4.79 Å². The lowest BCUT2D eigenvalue weighted by Crippen LogP contribution is -2.55. The van der Waals surface area contributed by atoms with Crippen LogP contribution in [0.15, 0.2) is 76.3 Å². The number of rotatable bonds is 3. The van der Waals surface area contributed by atoms with E-state index in [1.807, 2.05) is 48.3 Å². The molecule has 3 N–H and O–H groups in total. The fourth-order valence-electron chi connectivity index (χ4n) is 3.70. The maximum absolute atomic E-state index is 13.1. The molecular formula is C26H27ClN6O4. The van der Waals surface area contributed by atoms with Crippen molar-refractivity contribution < 1.29 is 19.1 Å². The Morgan fingerprint density at radius 3 is 2.46 bits per heavy atom. The van der Waals surface area contributed by atoms with Gasteiger partial charge >= 0.3 is 6.03 Å². The Morgan fingerprint density at radius 1 is 1.14 bits per heavy atom. The number of carboxylic acids is 1. The Kier molecular flexibility index (Phi) is 9.52. The summed E-state index contributed by atoms with van der Waals surface area (Å²) in [5.74, 6) is 0.249. The average molecular weight is 523 g/mol. The van der Waals surface area contributed by atoms with E-state index in [0.717, 1.165) is 18.2 Å². The number of urea groups is 1. The molecule has 2 heterocycles. The highest BCUT2D eigenvalue weighted by atomic mass is 35.5. The molecule has 37 heavy (non-hydrogen) atoms. The van der Waals surface area contributed by atoms with Gasteiger partial charge in [0.2, 0.25) is 5.96 Å². The van der Waals surface area contributed by atoms with Crippen molar-refractivity contribution >= 4 is 40.9 Å². The Labute approximate surface area is 219 Å². The van der Waals surface area contributed by atoms with Gasteiger partial charge < -0.3 is 24.6 Å². The quantitative estimate of drug-likeness (QED) is 0.191. The second-order valence-corrected chi connectivity index (χ2v) is 8.52. The summed E-state index contributed by atoms with van der Waals surface area (Å²) in [5.41, 5.74) is 2.42. The van der Waals surface area contributed by atoms with Crippen molar-refractivity contribution in [3.63, 3.8) is 0 Å². The number of aliphatic imine (C=N–C) groups is 1. The second-order valence-electron chi connectivity index (χ2n) is 8.09. The SMILES string of the molecule is CC(=O)O.Cc1ccccc1N=C(NC#N)N1CCN(C(=O)Nc2ccc(Cl)cc2)C(c2ccco2)C1. The summed E-state index contributed by atoms with van der Waals surface area (Å²) in [6.07, 6.45) is 3.56. The Morgan fingerprint density at radius 2 is 1.84 bits per heavy atom. The van der Waals surface area contributed by atoms with Gasteiger partial charge in [-0.25, -0.2) is 9.79 Å². The van der Waals surface area contributed by atoms with Gasteiger partial charge in [-0.3, -0.25) is 10.1 Å². The van der Waals surface area contributed by atoms with Gasteiger partial charge in [0.25, 0.3) is 5.97 Å². The lowest BCUT2D eigenvalue weighted by molar-refractivity contribution is -0.134. The Hall–Kier alpha value is -4.49. The minimum Gasteiger partial charge on any atom is -0.481 e. The lowest BCUT2D eigenvalue weighted by atomic mass is 10.1. The van der Waals surface area contributed by atoms with Crippen molar-refractivity contribution in [2.75, 3.05) is 25.0 Å². The van der Waals surface area contributed by atoms with Crippen LogP contribution in [-0.4, -0.2) is 52.5 Å². The van der Waals surface area contributed by atoms with E-state index in [9.17, 15) is 10.1 Å². The number of amides is 2. The number of para-hydroxylation sites is 1. The number of carbonyl (C=O) groups excluding carboxylic acids is 1. The molecule has 1 fully saturated rings. The fraction of sp³-hybridized carbons (Fsp3) is 0.231. The highest BCUT2D eigenvalue weighted by Crippen LogP contribution is 2.28. The Bertz CT molecular complexity index is 1270. The van der Waals surface area contributed by atoms with Gasteiger partial charge in [-0.05, 0) is 55.0 Å². The van der Waals surface area contributed by atoms with Gasteiger partial charge in [0.1, 0.15) is 11.8 Å². The van der Waals surface area contributed by atoms with Gasteiger partial charge in [0, 0.05) is 37.3 Å². The predicted octanol–water partition coefficient (Wildman–Crippen LogP) is 4.98. The minimum absolute atomic E-state index is 0.246. The molecule has 4 rings (SSSR count). The second kappa shape index (κ2) is 13.0. The van der Waals surface area contributed by atoms with Crippen molar-refractivity contribution in [2.24, 2.45) is 4.99 Å². The first-order valence-electron chi connectivity index (χ1n) is 11.4. The van der Waals surface area contributed by atoms with Crippen molar-refractivity contribution in [1.29, 1.82) is 5.26 Å². The number of aliphatic carboxylic acids is 1. The van der Waals surface area contributed by atoms with Gasteiger partial charge in [-0.1, -0.05) is 29.8 Å². The Balaban J connectivity index is 0.000000886. The van der Waals surface area contributed by atoms with Crippen molar-refractivity contribution in [2.45, 2.75) is 19.9 Å². The fourth-order valence-corrected chi connectivity index (χ4v) is 3.83. The van der Waals surface area contributed by atoms with E-state index < -0.39 is 5.97 Å². The van der Waals surface area contributed by atoms with Gasteiger partial charge in [-0.15, -0.1) is 0 Å². The summed E-state index contributed by atoms with van der Waals surface area (Å²) in [4.78, 5) is 30.5. The molecule has 1 aromatic heterocycles. The molecule has 0 saturated carbocycles. The molecule has 11 heteroatoms. The predicted molar refractivity (Wildman–Crippen MR) is 141 cm³/mol. The van der Waals surface area contributed by atoms with Crippen molar-refractivity contribution in [3.8, 4) is 6.19 Å².